The van der Waals surface area contributed by atoms with Crippen molar-refractivity contribution in [1.82, 2.24) is 0 Å². The lowest BCUT2D eigenvalue weighted by molar-refractivity contribution is 0.0220. The number of hydrogen-bond donors (Lipinski definition) is 2. The van der Waals surface area contributed by atoms with E-state index >= 15 is 0 Å². The number of nitrogens with zero attached hydrogens (tertiary/aromatic N) is 3. The maximum Gasteiger partial charge on any atom is 0.153 e. The summed E-state index contributed by atoms with van der Waals surface area (Å²) in [6.07, 6.45) is -3.20. The SMILES string of the molecule is [N-]=[N+]=NCC(O)C(O)c1cc(F)c(C=O)cc1F. The Morgan fingerprint density at radius 3 is 2.61 bits per heavy atom. The molecule has 0 spiro atoms. The fraction of sp³-hybridized carbons (Fsp3) is 0.300. The zero-order chi connectivity index (χ0) is 13.7. The summed E-state index contributed by atoms with van der Waals surface area (Å²) in [6, 6.07) is 1.23. The molecule has 6 nitrogen and oxygen atoms in total. The second kappa shape index (κ2) is 6.06. The lowest BCUT2D eigenvalue weighted by Gasteiger charge is -2.17. The Balaban J connectivity index is 3.05. The number of azide groups is 1. The van der Waals surface area contributed by atoms with E-state index < -0.39 is 41.5 Å². The van der Waals surface area contributed by atoms with Crippen molar-refractivity contribution in [1.29, 1.82) is 0 Å². The van der Waals surface area contributed by atoms with E-state index in [9.17, 15) is 23.8 Å². The Hall–Kier alpha value is -2.02. The summed E-state index contributed by atoms with van der Waals surface area (Å²) in [6.45, 7) is -0.492. The highest BCUT2D eigenvalue weighted by atomic mass is 19.1. The Kier molecular flexibility index (Phi) is 4.73. The van der Waals surface area contributed by atoms with Gasteiger partial charge in [0, 0.05) is 10.5 Å². The van der Waals surface area contributed by atoms with E-state index in [0.717, 1.165) is 0 Å². The van der Waals surface area contributed by atoms with Gasteiger partial charge in [0.1, 0.15) is 17.7 Å². The summed E-state index contributed by atoms with van der Waals surface area (Å²) >= 11 is 0. The van der Waals surface area contributed by atoms with Gasteiger partial charge in [-0.1, -0.05) is 5.11 Å². The molecule has 0 radical (unpaired) electrons. The van der Waals surface area contributed by atoms with Gasteiger partial charge in [-0.25, -0.2) is 8.78 Å². The van der Waals surface area contributed by atoms with Gasteiger partial charge in [0.15, 0.2) is 6.29 Å². The van der Waals surface area contributed by atoms with E-state index in [0.29, 0.717) is 12.1 Å². The molecule has 0 amide bonds. The second-order valence-corrected chi connectivity index (χ2v) is 3.44. The van der Waals surface area contributed by atoms with Crippen LogP contribution in [-0.2, 0) is 0 Å². The summed E-state index contributed by atoms with van der Waals surface area (Å²) in [5, 5.41) is 21.9. The first kappa shape index (κ1) is 14.0. The van der Waals surface area contributed by atoms with Crippen LogP contribution >= 0.6 is 0 Å². The van der Waals surface area contributed by atoms with E-state index in [-0.39, 0.29) is 6.29 Å². The van der Waals surface area contributed by atoms with Crippen LogP contribution in [0.2, 0.25) is 0 Å². The van der Waals surface area contributed by atoms with Gasteiger partial charge in [0.25, 0.3) is 0 Å². The van der Waals surface area contributed by atoms with Crippen molar-refractivity contribution in [3.8, 4) is 0 Å². The van der Waals surface area contributed by atoms with E-state index in [1.165, 1.54) is 0 Å². The number of halogens is 2. The first-order chi connectivity index (χ1) is 8.51. The monoisotopic (exact) mass is 257 g/mol. The van der Waals surface area contributed by atoms with Gasteiger partial charge in [0.05, 0.1) is 18.2 Å². The summed E-state index contributed by atoms with van der Waals surface area (Å²) < 4.78 is 26.7. The molecule has 0 aromatic heterocycles. The lowest BCUT2D eigenvalue weighted by atomic mass is 10.0. The second-order valence-electron chi connectivity index (χ2n) is 3.44. The van der Waals surface area contributed by atoms with Crippen LogP contribution in [0.15, 0.2) is 17.2 Å². The van der Waals surface area contributed by atoms with Crippen LogP contribution in [0.5, 0.6) is 0 Å². The number of aliphatic hydroxyl groups is 2. The summed E-state index contributed by atoms with van der Waals surface area (Å²) in [7, 11) is 0. The minimum Gasteiger partial charge on any atom is -0.390 e. The van der Waals surface area contributed by atoms with Crippen molar-refractivity contribution in [2.24, 2.45) is 5.11 Å². The molecule has 0 fully saturated rings. The van der Waals surface area contributed by atoms with Crippen molar-refractivity contribution in [3.05, 3.63) is 45.3 Å². The molecule has 1 aromatic carbocycles. The van der Waals surface area contributed by atoms with Gasteiger partial charge < -0.3 is 10.2 Å². The normalized spacial score (nSPS) is 13.6. The van der Waals surface area contributed by atoms with Crippen molar-refractivity contribution in [2.75, 3.05) is 6.54 Å². The highest BCUT2D eigenvalue weighted by Gasteiger charge is 2.22. The molecule has 2 atom stereocenters. The molecule has 2 N–H and O–H groups in total. The molecule has 0 aliphatic heterocycles. The molecule has 0 aliphatic carbocycles. The molecule has 0 aliphatic rings. The topological polar surface area (TPSA) is 106 Å². The average molecular weight is 257 g/mol. The van der Waals surface area contributed by atoms with Crippen molar-refractivity contribution in [2.45, 2.75) is 12.2 Å². The molecular weight excluding hydrogens is 248 g/mol. The molecule has 96 valence electrons. The maximum atomic E-state index is 13.4. The smallest absolute Gasteiger partial charge is 0.153 e. The first-order valence-electron chi connectivity index (χ1n) is 4.82. The third kappa shape index (κ3) is 3.01. The fourth-order valence-electron chi connectivity index (χ4n) is 1.32. The Morgan fingerprint density at radius 1 is 1.39 bits per heavy atom. The molecule has 0 bridgehead atoms. The first-order valence-corrected chi connectivity index (χ1v) is 4.82. The quantitative estimate of drug-likeness (QED) is 0.361. The number of aliphatic hydroxyl groups excluding tert-OH is 2. The summed E-state index contributed by atoms with van der Waals surface area (Å²) in [5.74, 6) is -2.05. The van der Waals surface area contributed by atoms with E-state index in [4.69, 9.17) is 5.53 Å². The average Bonchev–Trinajstić information content (AvgIpc) is 2.37. The third-order valence-electron chi connectivity index (χ3n) is 2.26. The van der Waals surface area contributed by atoms with Gasteiger partial charge in [0.2, 0.25) is 0 Å². The highest BCUT2D eigenvalue weighted by molar-refractivity contribution is 5.75. The van der Waals surface area contributed by atoms with Crippen LogP contribution in [0.1, 0.15) is 22.0 Å². The Labute approximate surface area is 100 Å². The molecule has 2 unspecified atom stereocenters. The predicted molar refractivity (Wildman–Crippen MR) is 56.7 cm³/mol. The van der Waals surface area contributed by atoms with Crippen molar-refractivity contribution < 1.29 is 23.8 Å². The number of rotatable bonds is 5. The molecular formula is C10H9F2N3O3. The minimum atomic E-state index is -1.76. The number of benzene rings is 1. The maximum absolute atomic E-state index is 13.4. The molecule has 0 saturated carbocycles. The number of aldehydes is 1. The van der Waals surface area contributed by atoms with Gasteiger partial charge in [-0.15, -0.1) is 0 Å². The van der Waals surface area contributed by atoms with Crippen LogP contribution in [-0.4, -0.2) is 29.1 Å². The van der Waals surface area contributed by atoms with Crippen molar-refractivity contribution >= 4 is 6.29 Å². The van der Waals surface area contributed by atoms with Gasteiger partial charge >= 0.3 is 0 Å². The van der Waals surface area contributed by atoms with Crippen LogP contribution in [0.25, 0.3) is 10.4 Å². The van der Waals surface area contributed by atoms with Crippen LogP contribution in [0.3, 0.4) is 0 Å². The largest absolute Gasteiger partial charge is 0.390 e. The van der Waals surface area contributed by atoms with E-state index in [1.54, 1.807) is 0 Å². The number of carbonyl (C=O) groups excluding carboxylic acids is 1. The highest BCUT2D eigenvalue weighted by Crippen LogP contribution is 2.23. The molecule has 1 rings (SSSR count). The molecule has 0 saturated heterocycles. The van der Waals surface area contributed by atoms with E-state index in [2.05, 4.69) is 10.0 Å². The number of carbonyl (C=O) groups is 1. The Morgan fingerprint density at radius 2 is 2.06 bits per heavy atom. The summed E-state index contributed by atoms with van der Waals surface area (Å²) in [4.78, 5) is 12.7. The Bertz CT molecular complexity index is 503. The van der Waals surface area contributed by atoms with E-state index in [1.807, 2.05) is 0 Å². The van der Waals surface area contributed by atoms with Crippen LogP contribution < -0.4 is 0 Å². The number of hydrogen-bond acceptors (Lipinski definition) is 4. The summed E-state index contributed by atoms with van der Waals surface area (Å²) in [5.41, 5.74) is 7.02. The van der Waals surface area contributed by atoms with Gasteiger partial charge in [-0.05, 0) is 17.7 Å². The minimum absolute atomic E-state index is 0.130. The predicted octanol–water partition coefficient (Wildman–Crippen LogP) is 1.48. The van der Waals surface area contributed by atoms with Gasteiger partial charge in [-0.3, -0.25) is 4.79 Å². The zero-order valence-corrected chi connectivity index (χ0v) is 8.99. The fourth-order valence-corrected chi connectivity index (χ4v) is 1.32. The molecule has 18 heavy (non-hydrogen) atoms. The third-order valence-corrected chi connectivity index (χ3v) is 2.26. The van der Waals surface area contributed by atoms with Gasteiger partial charge in [-0.2, -0.15) is 0 Å². The standard InChI is InChI=1S/C10H9F2N3O3/c11-7-2-6(8(12)1-5(7)4-16)10(18)9(17)3-14-15-13/h1-2,4,9-10,17-18H,3H2. The molecule has 1 aromatic rings. The lowest BCUT2D eigenvalue weighted by Crippen LogP contribution is -2.22. The van der Waals surface area contributed by atoms with Crippen LogP contribution in [0, 0.1) is 11.6 Å². The molecule has 0 heterocycles. The van der Waals surface area contributed by atoms with Crippen molar-refractivity contribution in [3.63, 3.8) is 0 Å². The van der Waals surface area contributed by atoms with Crippen LogP contribution in [0.4, 0.5) is 8.78 Å². The zero-order valence-electron chi connectivity index (χ0n) is 8.99. The molecule has 8 heteroatoms.